The fraction of sp³-hybridized carbons (Fsp3) is 0.318. The molecule has 1 fully saturated rings. The number of rotatable bonds is 4. The summed E-state index contributed by atoms with van der Waals surface area (Å²) in [5, 5.41) is 6.65. The first-order valence-electron chi connectivity index (χ1n) is 9.36. The van der Waals surface area contributed by atoms with Gasteiger partial charge in [0.1, 0.15) is 12.4 Å². The largest absolute Gasteiger partial charge is 0.487 e. The van der Waals surface area contributed by atoms with E-state index in [0.29, 0.717) is 30.5 Å². The van der Waals surface area contributed by atoms with Crippen molar-refractivity contribution in [2.75, 3.05) is 26.2 Å². The summed E-state index contributed by atoms with van der Waals surface area (Å²) in [7, 11) is 0. The van der Waals surface area contributed by atoms with Crippen LogP contribution in [0.5, 0.6) is 5.75 Å². The van der Waals surface area contributed by atoms with Crippen LogP contribution in [0.2, 0.25) is 5.02 Å². The highest BCUT2D eigenvalue weighted by molar-refractivity contribution is 6.32. The van der Waals surface area contributed by atoms with E-state index in [1.807, 2.05) is 49.4 Å². The van der Waals surface area contributed by atoms with Crippen LogP contribution in [0.4, 0.5) is 4.79 Å². The smallest absolute Gasteiger partial charge is 0.318 e. The van der Waals surface area contributed by atoms with Gasteiger partial charge in [-0.05, 0) is 30.7 Å². The van der Waals surface area contributed by atoms with Gasteiger partial charge >= 0.3 is 6.03 Å². The first-order valence-corrected chi connectivity index (χ1v) is 9.73. The Balaban J connectivity index is 0.00000300. The molecule has 1 aliphatic rings. The summed E-state index contributed by atoms with van der Waals surface area (Å²) < 4.78 is 5.78. The van der Waals surface area contributed by atoms with Gasteiger partial charge in [-0.2, -0.15) is 0 Å². The van der Waals surface area contributed by atoms with Crippen LogP contribution in [0.15, 0.2) is 48.5 Å². The number of piperazine rings is 1. The van der Waals surface area contributed by atoms with Crippen molar-refractivity contribution in [3.8, 4) is 17.6 Å². The van der Waals surface area contributed by atoms with E-state index < -0.39 is 0 Å². The van der Waals surface area contributed by atoms with Crippen molar-refractivity contribution < 1.29 is 9.53 Å². The van der Waals surface area contributed by atoms with Gasteiger partial charge in [0.05, 0.1) is 11.1 Å². The number of ether oxygens (including phenoxy) is 1. The van der Waals surface area contributed by atoms with Crippen molar-refractivity contribution in [1.82, 2.24) is 15.5 Å². The molecule has 29 heavy (non-hydrogen) atoms. The van der Waals surface area contributed by atoms with Crippen LogP contribution in [-0.2, 0) is 6.61 Å². The molecule has 1 aliphatic heterocycles. The molecule has 2 aromatic rings. The molecule has 5 nitrogen and oxygen atoms in total. The van der Waals surface area contributed by atoms with E-state index in [0.717, 1.165) is 24.2 Å². The van der Waals surface area contributed by atoms with Gasteiger partial charge < -0.3 is 20.3 Å². The first kappa shape index (κ1) is 22.9. The lowest BCUT2D eigenvalue weighted by molar-refractivity contribution is 0.189. The highest BCUT2D eigenvalue weighted by Gasteiger charge is 2.16. The second kappa shape index (κ2) is 11.6. The van der Waals surface area contributed by atoms with E-state index in [9.17, 15) is 4.79 Å². The quantitative estimate of drug-likeness (QED) is 0.722. The normalized spacial score (nSPS) is 14.1. The number of amides is 2. The number of hydrogen-bond donors (Lipinski definition) is 2. The number of nitrogens with zero attached hydrogens (tertiary/aromatic N) is 1. The average molecular weight is 434 g/mol. The zero-order chi connectivity index (χ0) is 19.8. The number of halogens is 2. The van der Waals surface area contributed by atoms with Crippen LogP contribution in [0, 0.1) is 11.8 Å². The summed E-state index contributed by atoms with van der Waals surface area (Å²) in [5.74, 6) is 6.73. The van der Waals surface area contributed by atoms with Gasteiger partial charge in [-0.15, -0.1) is 12.4 Å². The second-order valence-corrected chi connectivity index (χ2v) is 7.00. The topological polar surface area (TPSA) is 53.6 Å². The molecular formula is C22H25Cl2N3O2. The third kappa shape index (κ3) is 7.17. The van der Waals surface area contributed by atoms with Crippen molar-refractivity contribution >= 4 is 30.0 Å². The van der Waals surface area contributed by atoms with Gasteiger partial charge in [-0.1, -0.05) is 53.8 Å². The van der Waals surface area contributed by atoms with Crippen LogP contribution in [0.3, 0.4) is 0 Å². The maximum Gasteiger partial charge on any atom is 0.318 e. The number of carbonyl (C=O) groups is 1. The Labute approximate surface area is 183 Å². The molecule has 0 saturated carbocycles. The molecule has 1 unspecified atom stereocenters. The van der Waals surface area contributed by atoms with Crippen LogP contribution < -0.4 is 15.4 Å². The number of urea groups is 1. The minimum Gasteiger partial charge on any atom is -0.487 e. The molecule has 3 rings (SSSR count). The number of hydrogen-bond acceptors (Lipinski definition) is 3. The van der Waals surface area contributed by atoms with Gasteiger partial charge in [0.15, 0.2) is 0 Å². The Morgan fingerprint density at radius 1 is 1.24 bits per heavy atom. The molecule has 0 spiro atoms. The van der Waals surface area contributed by atoms with Crippen LogP contribution in [0.25, 0.3) is 0 Å². The fourth-order valence-corrected chi connectivity index (χ4v) is 3.04. The number of carbonyl (C=O) groups excluding carboxylic acids is 1. The van der Waals surface area contributed by atoms with Crippen molar-refractivity contribution in [2.24, 2.45) is 0 Å². The lowest BCUT2D eigenvalue weighted by Gasteiger charge is -2.28. The minimum atomic E-state index is -0.254. The molecule has 0 aromatic heterocycles. The van der Waals surface area contributed by atoms with E-state index in [1.54, 1.807) is 11.0 Å². The molecule has 1 saturated heterocycles. The minimum absolute atomic E-state index is 0. The van der Waals surface area contributed by atoms with Crippen LogP contribution >= 0.6 is 24.0 Å². The summed E-state index contributed by atoms with van der Waals surface area (Å²) in [5.41, 5.74) is 1.86. The third-order valence-corrected chi connectivity index (χ3v) is 4.64. The second-order valence-electron chi connectivity index (χ2n) is 6.60. The molecule has 0 bridgehead atoms. The fourth-order valence-electron chi connectivity index (χ4n) is 2.80. The lowest BCUT2D eigenvalue weighted by atomic mass is 10.2. The predicted molar refractivity (Wildman–Crippen MR) is 119 cm³/mol. The van der Waals surface area contributed by atoms with E-state index in [-0.39, 0.29) is 24.5 Å². The highest BCUT2D eigenvalue weighted by atomic mass is 35.5. The van der Waals surface area contributed by atoms with Gasteiger partial charge in [0, 0.05) is 31.7 Å². The Morgan fingerprint density at radius 3 is 2.66 bits per heavy atom. The maximum atomic E-state index is 12.2. The summed E-state index contributed by atoms with van der Waals surface area (Å²) in [6.07, 6.45) is 0. The molecule has 154 valence electrons. The average Bonchev–Trinajstić information content (AvgIpc) is 2.73. The standard InChI is InChI=1S/C22H24ClN3O2.ClH/c1-17(25-22(27)26-13-11-24-12-14-26)7-8-18-9-10-21(20(23)15-18)28-16-19-5-3-2-4-6-19;/h2-6,9-10,15,17,24H,11-14,16H2,1H3,(H,25,27);1H. The zero-order valence-electron chi connectivity index (χ0n) is 16.3. The molecule has 2 amide bonds. The molecule has 0 radical (unpaired) electrons. The molecule has 7 heteroatoms. The van der Waals surface area contributed by atoms with Gasteiger partial charge in [-0.3, -0.25) is 0 Å². The number of benzene rings is 2. The lowest BCUT2D eigenvalue weighted by Crippen LogP contribution is -2.51. The molecular weight excluding hydrogens is 409 g/mol. The van der Waals surface area contributed by atoms with Crippen molar-refractivity contribution in [3.05, 3.63) is 64.7 Å². The van der Waals surface area contributed by atoms with Crippen LogP contribution in [-0.4, -0.2) is 43.2 Å². The monoisotopic (exact) mass is 433 g/mol. The summed E-state index contributed by atoms with van der Waals surface area (Å²) in [4.78, 5) is 14.0. The van der Waals surface area contributed by atoms with E-state index in [2.05, 4.69) is 22.5 Å². The highest BCUT2D eigenvalue weighted by Crippen LogP contribution is 2.26. The van der Waals surface area contributed by atoms with E-state index in [1.165, 1.54) is 0 Å². The van der Waals surface area contributed by atoms with Crippen molar-refractivity contribution in [1.29, 1.82) is 0 Å². The zero-order valence-corrected chi connectivity index (χ0v) is 17.9. The summed E-state index contributed by atoms with van der Waals surface area (Å²) >= 11 is 6.32. The molecule has 0 aliphatic carbocycles. The SMILES string of the molecule is CC(C#Cc1ccc(OCc2ccccc2)c(Cl)c1)NC(=O)N1CCNCC1.Cl. The number of nitrogens with one attached hydrogen (secondary N) is 2. The Morgan fingerprint density at radius 2 is 1.97 bits per heavy atom. The summed E-state index contributed by atoms with van der Waals surface area (Å²) in [6.45, 7) is 5.40. The predicted octanol–water partition coefficient (Wildman–Crippen LogP) is 3.70. The van der Waals surface area contributed by atoms with E-state index >= 15 is 0 Å². The molecule has 1 heterocycles. The summed E-state index contributed by atoms with van der Waals surface area (Å²) in [6, 6.07) is 15.1. The Bertz CT molecular complexity index is 859. The van der Waals surface area contributed by atoms with Crippen molar-refractivity contribution in [3.63, 3.8) is 0 Å². The molecule has 2 N–H and O–H groups in total. The van der Waals surface area contributed by atoms with E-state index in [4.69, 9.17) is 16.3 Å². The third-order valence-electron chi connectivity index (χ3n) is 4.35. The maximum absolute atomic E-state index is 12.2. The Kier molecular flexibility index (Phi) is 9.14. The van der Waals surface area contributed by atoms with Crippen LogP contribution in [0.1, 0.15) is 18.1 Å². The first-order chi connectivity index (χ1) is 13.6. The Hall–Kier alpha value is -2.39. The molecule has 1 atom stereocenters. The van der Waals surface area contributed by atoms with Crippen molar-refractivity contribution in [2.45, 2.75) is 19.6 Å². The van der Waals surface area contributed by atoms with Gasteiger partial charge in [-0.25, -0.2) is 4.79 Å². The van der Waals surface area contributed by atoms with Gasteiger partial charge in [0.25, 0.3) is 0 Å². The van der Waals surface area contributed by atoms with Gasteiger partial charge in [0.2, 0.25) is 0 Å². The molecule has 2 aromatic carbocycles.